The number of halogens is 1. The molecule has 0 bridgehead atoms. The molecule has 1 aromatic rings. The minimum absolute atomic E-state index is 0.0600. The molecule has 0 spiro atoms. The van der Waals surface area contributed by atoms with Gasteiger partial charge in [0, 0.05) is 22.0 Å². The Balaban J connectivity index is 2.61. The van der Waals surface area contributed by atoms with Crippen LogP contribution in [-0.4, -0.2) is 11.5 Å². The van der Waals surface area contributed by atoms with Crippen LogP contribution in [0.5, 0.6) is 0 Å². The van der Waals surface area contributed by atoms with Crippen molar-refractivity contribution in [3.63, 3.8) is 0 Å². The van der Waals surface area contributed by atoms with E-state index in [0.717, 1.165) is 22.0 Å². The summed E-state index contributed by atoms with van der Waals surface area (Å²) >= 11 is 7.91. The summed E-state index contributed by atoms with van der Waals surface area (Å²) in [6.07, 6.45) is 4.00. The number of hydrogen-bond acceptors (Lipinski definition) is 4. The molecule has 0 saturated heterocycles. The number of nitriles is 1. The van der Waals surface area contributed by atoms with E-state index in [1.165, 1.54) is 6.92 Å². The van der Waals surface area contributed by atoms with Crippen molar-refractivity contribution < 1.29 is 4.79 Å². The Morgan fingerprint density at radius 1 is 1.46 bits per heavy atom. The quantitative estimate of drug-likeness (QED) is 0.758. The van der Waals surface area contributed by atoms with Crippen LogP contribution in [0, 0.1) is 11.3 Å². The van der Waals surface area contributed by atoms with E-state index >= 15 is 0 Å². The highest BCUT2D eigenvalue weighted by Gasteiger charge is 2.33. The van der Waals surface area contributed by atoms with Crippen LogP contribution in [0.15, 0.2) is 58.3 Å². The number of ketones is 1. The van der Waals surface area contributed by atoms with Crippen LogP contribution in [0.4, 0.5) is 0 Å². The van der Waals surface area contributed by atoms with Gasteiger partial charge in [0.2, 0.25) is 0 Å². The number of thioether (sulfide) groups is 1. The molecule has 1 unspecified atom stereocenters. The van der Waals surface area contributed by atoms with Crippen LogP contribution in [0.2, 0.25) is 5.02 Å². The second-order valence-corrected chi connectivity index (χ2v) is 6.85. The zero-order chi connectivity index (χ0) is 17.7. The summed E-state index contributed by atoms with van der Waals surface area (Å²) in [5.41, 5.74) is 2.68. The molecule has 5 heteroatoms. The van der Waals surface area contributed by atoms with Gasteiger partial charge in [0.05, 0.1) is 22.6 Å². The molecule has 124 valence electrons. The molecule has 1 aliphatic rings. The van der Waals surface area contributed by atoms with E-state index in [-0.39, 0.29) is 5.78 Å². The first-order valence-corrected chi connectivity index (χ1v) is 8.99. The lowest BCUT2D eigenvalue weighted by molar-refractivity contribution is -0.113. The first-order chi connectivity index (χ1) is 11.5. The van der Waals surface area contributed by atoms with Gasteiger partial charge in [-0.1, -0.05) is 42.0 Å². The molecule has 2 rings (SSSR count). The lowest BCUT2D eigenvalue weighted by Crippen LogP contribution is -2.27. The van der Waals surface area contributed by atoms with E-state index < -0.39 is 5.92 Å². The third kappa shape index (κ3) is 3.75. The maximum atomic E-state index is 12.2. The predicted octanol–water partition coefficient (Wildman–Crippen LogP) is 4.93. The Labute approximate surface area is 152 Å². The van der Waals surface area contributed by atoms with Gasteiger partial charge < -0.3 is 5.32 Å². The van der Waals surface area contributed by atoms with Gasteiger partial charge in [-0.05, 0) is 32.4 Å². The Morgan fingerprint density at radius 3 is 2.75 bits per heavy atom. The second-order valence-electron chi connectivity index (χ2n) is 5.41. The van der Waals surface area contributed by atoms with E-state index in [2.05, 4.69) is 11.4 Å². The van der Waals surface area contributed by atoms with E-state index in [0.29, 0.717) is 16.2 Å². The summed E-state index contributed by atoms with van der Waals surface area (Å²) in [6.45, 7) is 5.35. The topological polar surface area (TPSA) is 52.9 Å². The van der Waals surface area contributed by atoms with Gasteiger partial charge >= 0.3 is 0 Å². The maximum Gasteiger partial charge on any atom is 0.158 e. The molecule has 1 aliphatic heterocycles. The standard InChI is InChI=1S/C19H19ClN2OS/c1-4-5-10-24-19-15(11-21)18(14-8-6-7-9-16(14)20)17(13(3)23)12(2)22-19/h4-9,18,22H,10H2,1-3H3/b5-4+. The van der Waals surface area contributed by atoms with Gasteiger partial charge in [-0.3, -0.25) is 4.79 Å². The van der Waals surface area contributed by atoms with Gasteiger partial charge in [0.1, 0.15) is 0 Å². The molecule has 0 fully saturated rings. The number of dihydropyridines is 1. The summed E-state index contributed by atoms with van der Waals surface area (Å²) in [6, 6.07) is 9.66. The minimum Gasteiger partial charge on any atom is -0.353 e. The van der Waals surface area contributed by atoms with Crippen LogP contribution in [0.1, 0.15) is 32.3 Å². The smallest absolute Gasteiger partial charge is 0.158 e. The summed E-state index contributed by atoms with van der Waals surface area (Å²) < 4.78 is 0. The number of nitrogens with one attached hydrogen (secondary N) is 1. The van der Waals surface area contributed by atoms with Crippen LogP contribution < -0.4 is 5.32 Å². The van der Waals surface area contributed by atoms with Crippen LogP contribution in [-0.2, 0) is 4.79 Å². The van der Waals surface area contributed by atoms with Gasteiger partial charge in [-0.2, -0.15) is 5.26 Å². The van der Waals surface area contributed by atoms with E-state index in [1.807, 2.05) is 44.2 Å². The van der Waals surface area contributed by atoms with Gasteiger partial charge in [0.25, 0.3) is 0 Å². The van der Waals surface area contributed by atoms with Gasteiger partial charge in [-0.25, -0.2) is 0 Å². The Morgan fingerprint density at radius 2 is 2.17 bits per heavy atom. The molecular weight excluding hydrogens is 340 g/mol. The molecule has 24 heavy (non-hydrogen) atoms. The normalized spacial score (nSPS) is 17.9. The number of benzene rings is 1. The van der Waals surface area contributed by atoms with Crippen molar-refractivity contribution in [1.82, 2.24) is 5.32 Å². The Hall–Kier alpha value is -1.96. The highest BCUT2D eigenvalue weighted by Crippen LogP contribution is 2.42. The highest BCUT2D eigenvalue weighted by atomic mass is 35.5. The molecule has 0 aromatic heterocycles. The van der Waals surface area contributed by atoms with Crippen molar-refractivity contribution in [2.45, 2.75) is 26.7 Å². The first kappa shape index (κ1) is 18.4. The zero-order valence-corrected chi connectivity index (χ0v) is 15.5. The molecule has 0 aliphatic carbocycles. The fourth-order valence-corrected chi connectivity index (χ4v) is 3.99. The number of Topliss-reactive ketones (excluding diaryl/α,β-unsaturated/α-hetero) is 1. The SMILES string of the molecule is C/C=C/CSC1=C(C#N)C(c2ccccc2Cl)C(C(C)=O)=C(C)N1. The maximum absolute atomic E-state index is 12.2. The molecule has 1 aromatic carbocycles. The van der Waals surface area contributed by atoms with E-state index in [4.69, 9.17) is 11.6 Å². The number of rotatable bonds is 5. The summed E-state index contributed by atoms with van der Waals surface area (Å²) in [5.74, 6) is 0.257. The molecule has 0 saturated carbocycles. The molecule has 1 atom stereocenters. The largest absolute Gasteiger partial charge is 0.353 e. The number of allylic oxidation sites excluding steroid dienone is 4. The minimum atomic E-state index is -0.435. The molecule has 1 heterocycles. The third-order valence-corrected chi connectivity index (χ3v) is 5.12. The van der Waals surface area contributed by atoms with Crippen LogP contribution >= 0.6 is 23.4 Å². The number of carbonyl (C=O) groups excluding carboxylic acids is 1. The van der Waals surface area contributed by atoms with Crippen molar-refractivity contribution >= 4 is 29.1 Å². The predicted molar refractivity (Wildman–Crippen MR) is 101 cm³/mol. The average molecular weight is 359 g/mol. The van der Waals surface area contributed by atoms with E-state index in [1.54, 1.807) is 17.8 Å². The molecule has 3 nitrogen and oxygen atoms in total. The summed E-state index contributed by atoms with van der Waals surface area (Å²) in [7, 11) is 0. The van der Waals surface area contributed by atoms with Gasteiger partial charge in [-0.15, -0.1) is 11.8 Å². The fourth-order valence-electron chi connectivity index (χ4n) is 2.74. The first-order valence-electron chi connectivity index (χ1n) is 7.62. The van der Waals surface area contributed by atoms with Crippen molar-refractivity contribution in [3.8, 4) is 6.07 Å². The number of nitrogens with zero attached hydrogens (tertiary/aromatic N) is 1. The fraction of sp³-hybridized carbons (Fsp3) is 0.263. The highest BCUT2D eigenvalue weighted by molar-refractivity contribution is 8.03. The molecular formula is C19H19ClN2OS. The van der Waals surface area contributed by atoms with Gasteiger partial charge in [0.15, 0.2) is 5.78 Å². The monoisotopic (exact) mass is 358 g/mol. The Bertz CT molecular complexity index is 787. The van der Waals surface area contributed by atoms with Crippen LogP contribution in [0.25, 0.3) is 0 Å². The average Bonchev–Trinajstić information content (AvgIpc) is 2.54. The van der Waals surface area contributed by atoms with Crippen LogP contribution in [0.3, 0.4) is 0 Å². The van der Waals surface area contributed by atoms with E-state index in [9.17, 15) is 10.1 Å². The summed E-state index contributed by atoms with van der Waals surface area (Å²) in [5, 5.41) is 14.3. The zero-order valence-electron chi connectivity index (χ0n) is 13.9. The van der Waals surface area contributed by atoms with Crippen molar-refractivity contribution in [1.29, 1.82) is 5.26 Å². The summed E-state index contributed by atoms with van der Waals surface area (Å²) in [4.78, 5) is 12.2. The number of carbonyl (C=O) groups is 1. The molecule has 0 radical (unpaired) electrons. The molecule has 0 amide bonds. The van der Waals surface area contributed by atoms with Crippen molar-refractivity contribution in [3.05, 3.63) is 68.9 Å². The third-order valence-electron chi connectivity index (χ3n) is 3.80. The lowest BCUT2D eigenvalue weighted by atomic mass is 9.81. The lowest BCUT2D eigenvalue weighted by Gasteiger charge is -2.29. The van der Waals surface area contributed by atoms with Crippen molar-refractivity contribution in [2.24, 2.45) is 0 Å². The second kappa shape index (κ2) is 8.23. The van der Waals surface area contributed by atoms with Crippen molar-refractivity contribution in [2.75, 3.05) is 5.75 Å². The number of hydrogen-bond donors (Lipinski definition) is 1. The Kier molecular flexibility index (Phi) is 6.30. The molecule has 1 N–H and O–H groups in total.